The number of sulfone groups is 1. The lowest BCUT2D eigenvalue weighted by atomic mass is 10.2. The molecule has 2 amide bonds. The molecule has 2 fully saturated rings. The second-order valence-electron chi connectivity index (χ2n) is 7.57. The molecule has 3 rings (SSSR count). The van der Waals surface area contributed by atoms with Crippen molar-refractivity contribution < 1.29 is 13.2 Å². The SMILES string of the molecule is CC1CN(Cc2ccccc2)CCCN1C(=O)N(C)C1CCS(=O)(=O)C1. The Labute approximate surface area is 156 Å². The molecule has 0 spiro atoms. The molecular formula is C19H29N3O3S. The predicted octanol–water partition coefficient (Wildman–Crippen LogP) is 1.82. The molecule has 0 N–H and O–H groups in total. The van der Waals surface area contributed by atoms with Crippen molar-refractivity contribution in [3.63, 3.8) is 0 Å². The number of nitrogens with zero attached hydrogens (tertiary/aromatic N) is 3. The standard InChI is InChI=1S/C19H29N3O3S/c1-16-13-21(14-17-7-4-3-5-8-17)10-6-11-22(16)19(23)20(2)18-9-12-26(24,25)15-18/h3-5,7-8,16,18H,6,9-15H2,1-2H3. The van der Waals surface area contributed by atoms with Crippen LogP contribution in [0.2, 0.25) is 0 Å². The van der Waals surface area contributed by atoms with Gasteiger partial charge in [-0.2, -0.15) is 0 Å². The summed E-state index contributed by atoms with van der Waals surface area (Å²) in [4.78, 5) is 18.9. The zero-order valence-corrected chi connectivity index (χ0v) is 16.5. The Kier molecular flexibility index (Phi) is 5.87. The fraction of sp³-hybridized carbons (Fsp3) is 0.632. The monoisotopic (exact) mass is 379 g/mol. The van der Waals surface area contributed by atoms with E-state index in [-0.39, 0.29) is 29.6 Å². The lowest BCUT2D eigenvalue weighted by Crippen LogP contribution is -2.51. The Hall–Kier alpha value is -1.60. The average Bonchev–Trinajstić information content (AvgIpc) is 2.87. The number of hydrogen-bond donors (Lipinski definition) is 0. The van der Waals surface area contributed by atoms with Crippen LogP contribution in [-0.4, -0.2) is 79.4 Å². The van der Waals surface area contributed by atoms with Crippen LogP contribution < -0.4 is 0 Å². The fourth-order valence-electron chi connectivity index (χ4n) is 3.96. The summed E-state index contributed by atoms with van der Waals surface area (Å²) in [5, 5.41) is 0. The molecule has 0 radical (unpaired) electrons. The van der Waals surface area contributed by atoms with Gasteiger partial charge >= 0.3 is 6.03 Å². The first-order chi connectivity index (χ1) is 12.4. The van der Waals surface area contributed by atoms with Crippen LogP contribution in [0.3, 0.4) is 0 Å². The third kappa shape index (κ3) is 4.57. The van der Waals surface area contributed by atoms with Gasteiger partial charge in [0.1, 0.15) is 0 Å². The summed E-state index contributed by atoms with van der Waals surface area (Å²) in [6.07, 6.45) is 1.48. The van der Waals surface area contributed by atoms with E-state index in [2.05, 4.69) is 36.1 Å². The van der Waals surface area contributed by atoms with E-state index in [9.17, 15) is 13.2 Å². The lowest BCUT2D eigenvalue weighted by Gasteiger charge is -2.34. The Morgan fingerprint density at radius 1 is 1.23 bits per heavy atom. The summed E-state index contributed by atoms with van der Waals surface area (Å²) < 4.78 is 23.4. The van der Waals surface area contributed by atoms with E-state index in [0.717, 1.165) is 32.6 Å². The van der Waals surface area contributed by atoms with Crippen molar-refractivity contribution in [1.82, 2.24) is 14.7 Å². The van der Waals surface area contributed by atoms with Gasteiger partial charge in [-0.25, -0.2) is 13.2 Å². The van der Waals surface area contributed by atoms with Crippen molar-refractivity contribution in [2.24, 2.45) is 0 Å². The van der Waals surface area contributed by atoms with Crippen LogP contribution >= 0.6 is 0 Å². The molecule has 1 aromatic carbocycles. The van der Waals surface area contributed by atoms with Gasteiger partial charge in [-0.15, -0.1) is 0 Å². The zero-order chi connectivity index (χ0) is 18.7. The Balaban J connectivity index is 1.61. The first kappa shape index (κ1) is 19.2. The topological polar surface area (TPSA) is 60.9 Å². The van der Waals surface area contributed by atoms with Crippen molar-refractivity contribution in [3.8, 4) is 0 Å². The number of rotatable bonds is 3. The minimum atomic E-state index is -2.99. The van der Waals surface area contributed by atoms with Crippen LogP contribution in [-0.2, 0) is 16.4 Å². The van der Waals surface area contributed by atoms with Gasteiger partial charge in [0.15, 0.2) is 9.84 Å². The summed E-state index contributed by atoms with van der Waals surface area (Å²) in [6.45, 7) is 5.49. The number of benzene rings is 1. The minimum absolute atomic E-state index is 0.0406. The normalized spacial score (nSPS) is 26.5. The van der Waals surface area contributed by atoms with Crippen LogP contribution in [0.25, 0.3) is 0 Å². The summed E-state index contributed by atoms with van der Waals surface area (Å²) in [5.74, 6) is 0.285. The van der Waals surface area contributed by atoms with E-state index in [1.165, 1.54) is 5.56 Å². The van der Waals surface area contributed by atoms with Gasteiger partial charge in [0.05, 0.1) is 11.5 Å². The first-order valence-corrected chi connectivity index (χ1v) is 11.2. The van der Waals surface area contributed by atoms with Gasteiger partial charge < -0.3 is 9.80 Å². The molecule has 0 bridgehead atoms. The quantitative estimate of drug-likeness (QED) is 0.804. The van der Waals surface area contributed by atoms with Gasteiger partial charge in [0.25, 0.3) is 0 Å². The highest BCUT2D eigenvalue weighted by molar-refractivity contribution is 7.91. The third-order valence-corrected chi connectivity index (χ3v) is 7.23. The number of hydrogen-bond acceptors (Lipinski definition) is 4. The van der Waals surface area contributed by atoms with E-state index < -0.39 is 9.84 Å². The molecule has 6 nitrogen and oxygen atoms in total. The second-order valence-corrected chi connectivity index (χ2v) is 9.80. The van der Waals surface area contributed by atoms with E-state index in [4.69, 9.17) is 0 Å². The van der Waals surface area contributed by atoms with Crippen molar-refractivity contribution in [2.75, 3.05) is 38.2 Å². The van der Waals surface area contributed by atoms with Gasteiger partial charge in [-0.05, 0) is 25.3 Å². The maximum Gasteiger partial charge on any atom is 0.320 e. The molecule has 144 valence electrons. The minimum Gasteiger partial charge on any atom is -0.324 e. The molecule has 2 saturated heterocycles. The highest BCUT2D eigenvalue weighted by Crippen LogP contribution is 2.20. The molecule has 1 aromatic rings. The summed E-state index contributed by atoms with van der Waals surface area (Å²) >= 11 is 0. The number of amides is 2. The summed E-state index contributed by atoms with van der Waals surface area (Å²) in [6, 6.07) is 10.3. The number of carbonyl (C=O) groups is 1. The lowest BCUT2D eigenvalue weighted by molar-refractivity contribution is 0.132. The zero-order valence-electron chi connectivity index (χ0n) is 15.7. The molecule has 26 heavy (non-hydrogen) atoms. The van der Waals surface area contributed by atoms with Gasteiger partial charge in [-0.3, -0.25) is 4.90 Å². The summed E-state index contributed by atoms with van der Waals surface area (Å²) in [5.41, 5.74) is 1.28. The predicted molar refractivity (Wildman–Crippen MR) is 103 cm³/mol. The van der Waals surface area contributed by atoms with Crippen molar-refractivity contribution >= 4 is 15.9 Å². The van der Waals surface area contributed by atoms with Crippen molar-refractivity contribution in [1.29, 1.82) is 0 Å². The molecule has 7 heteroatoms. The molecular weight excluding hydrogens is 350 g/mol. The van der Waals surface area contributed by atoms with E-state index in [1.54, 1.807) is 11.9 Å². The second kappa shape index (κ2) is 7.96. The highest BCUT2D eigenvalue weighted by Gasteiger charge is 2.36. The fourth-order valence-corrected chi connectivity index (χ4v) is 5.73. The molecule has 2 atom stereocenters. The maximum atomic E-state index is 13.0. The van der Waals surface area contributed by atoms with Crippen LogP contribution in [0.5, 0.6) is 0 Å². The van der Waals surface area contributed by atoms with Gasteiger partial charge in [-0.1, -0.05) is 30.3 Å². The average molecular weight is 380 g/mol. The summed E-state index contributed by atoms with van der Waals surface area (Å²) in [7, 11) is -1.25. The molecule has 2 aliphatic rings. The largest absolute Gasteiger partial charge is 0.324 e. The highest BCUT2D eigenvalue weighted by atomic mass is 32.2. The molecule has 2 aliphatic heterocycles. The molecule has 0 aromatic heterocycles. The van der Waals surface area contributed by atoms with Gasteiger partial charge in [0.2, 0.25) is 0 Å². The van der Waals surface area contributed by atoms with Crippen molar-refractivity contribution in [2.45, 2.75) is 38.4 Å². The van der Waals surface area contributed by atoms with Crippen molar-refractivity contribution in [3.05, 3.63) is 35.9 Å². The molecule has 2 unspecified atom stereocenters. The van der Waals surface area contributed by atoms with E-state index in [1.807, 2.05) is 11.0 Å². The molecule has 2 heterocycles. The van der Waals surface area contributed by atoms with Crippen LogP contribution in [0.1, 0.15) is 25.3 Å². The van der Waals surface area contributed by atoms with E-state index in [0.29, 0.717) is 6.42 Å². The van der Waals surface area contributed by atoms with Crippen LogP contribution in [0.4, 0.5) is 4.79 Å². The maximum absolute atomic E-state index is 13.0. The van der Waals surface area contributed by atoms with E-state index >= 15 is 0 Å². The number of carbonyl (C=O) groups excluding carboxylic acids is 1. The Bertz CT molecular complexity index is 723. The molecule has 0 aliphatic carbocycles. The first-order valence-electron chi connectivity index (χ1n) is 9.36. The van der Waals surface area contributed by atoms with Crippen LogP contribution in [0.15, 0.2) is 30.3 Å². The molecule has 0 saturated carbocycles. The third-order valence-electron chi connectivity index (χ3n) is 5.48. The Morgan fingerprint density at radius 3 is 2.62 bits per heavy atom. The Morgan fingerprint density at radius 2 is 1.96 bits per heavy atom. The van der Waals surface area contributed by atoms with Gasteiger partial charge in [0, 0.05) is 45.3 Å². The van der Waals surface area contributed by atoms with Crippen LogP contribution in [0, 0.1) is 0 Å². The smallest absolute Gasteiger partial charge is 0.320 e. The number of urea groups is 1.